The van der Waals surface area contributed by atoms with Crippen molar-refractivity contribution in [3.63, 3.8) is 0 Å². The van der Waals surface area contributed by atoms with Crippen molar-refractivity contribution >= 4 is 23.6 Å². The molecule has 4 heteroatoms. The average Bonchev–Trinajstić information content (AvgIpc) is 2.61. The van der Waals surface area contributed by atoms with Gasteiger partial charge in [0.2, 0.25) is 5.91 Å². The van der Waals surface area contributed by atoms with Crippen molar-refractivity contribution in [2.75, 3.05) is 11.9 Å². The third-order valence-corrected chi connectivity index (χ3v) is 3.74. The van der Waals surface area contributed by atoms with Gasteiger partial charge in [-0.15, -0.1) is 6.42 Å². The number of rotatable bonds is 5. The molecule has 0 aliphatic rings. The van der Waals surface area contributed by atoms with Crippen molar-refractivity contribution in [3.8, 4) is 12.3 Å². The largest absolute Gasteiger partial charge is 0.341 e. The number of anilines is 1. The lowest BCUT2D eigenvalue weighted by Crippen LogP contribution is -2.25. The Hall–Kier alpha value is -3.32. The molecule has 0 saturated carbocycles. The summed E-state index contributed by atoms with van der Waals surface area (Å²) < 4.78 is 0. The Labute approximate surface area is 148 Å². The van der Waals surface area contributed by atoms with Crippen LogP contribution in [-0.4, -0.2) is 18.4 Å². The van der Waals surface area contributed by atoms with Crippen LogP contribution in [0.2, 0.25) is 0 Å². The van der Waals surface area contributed by atoms with Gasteiger partial charge in [0.1, 0.15) is 0 Å². The maximum Gasteiger partial charge on any atom is 0.254 e. The maximum atomic E-state index is 12.2. The second kappa shape index (κ2) is 8.51. The molecule has 2 aromatic carbocycles. The van der Waals surface area contributed by atoms with E-state index in [1.807, 2.05) is 32.0 Å². The van der Waals surface area contributed by atoms with Crippen LogP contribution >= 0.6 is 0 Å². The smallest absolute Gasteiger partial charge is 0.254 e. The van der Waals surface area contributed by atoms with Gasteiger partial charge in [-0.3, -0.25) is 9.59 Å². The third kappa shape index (κ3) is 5.08. The van der Waals surface area contributed by atoms with Gasteiger partial charge in [-0.25, -0.2) is 0 Å². The van der Waals surface area contributed by atoms with Crippen LogP contribution in [0.3, 0.4) is 0 Å². The number of carbonyl (C=O) groups excluding carboxylic acids is 2. The molecule has 4 nitrogen and oxygen atoms in total. The summed E-state index contributed by atoms with van der Waals surface area (Å²) in [5.41, 5.74) is 4.11. The lowest BCUT2D eigenvalue weighted by molar-refractivity contribution is -0.111. The van der Waals surface area contributed by atoms with Crippen LogP contribution in [0, 0.1) is 26.2 Å². The first kappa shape index (κ1) is 18.0. The minimum absolute atomic E-state index is 0.133. The van der Waals surface area contributed by atoms with Crippen LogP contribution in [0.1, 0.15) is 27.0 Å². The first-order valence-corrected chi connectivity index (χ1v) is 7.88. The highest BCUT2D eigenvalue weighted by Crippen LogP contribution is 2.15. The standard InChI is InChI=1S/C21H20N2O2/c1-4-13-22-21(25)18-7-5-6-8-19(18)23-20(24)12-11-17-10-9-15(2)16(3)14-17/h1,5-12,14H,13H2,2-3H3,(H,22,25)(H,23,24)/b12-11+. The molecule has 0 atom stereocenters. The molecule has 0 spiro atoms. The van der Waals surface area contributed by atoms with Crippen molar-refractivity contribution < 1.29 is 9.59 Å². The number of terminal acetylenes is 1. The van der Waals surface area contributed by atoms with E-state index in [2.05, 4.69) is 16.6 Å². The number of benzene rings is 2. The molecule has 126 valence electrons. The number of hydrogen-bond acceptors (Lipinski definition) is 2. The van der Waals surface area contributed by atoms with Gasteiger partial charge in [0.15, 0.2) is 0 Å². The molecule has 0 radical (unpaired) electrons. The maximum absolute atomic E-state index is 12.2. The number of carbonyl (C=O) groups is 2. The van der Waals surface area contributed by atoms with Gasteiger partial charge in [-0.2, -0.15) is 0 Å². The van der Waals surface area contributed by atoms with Gasteiger partial charge >= 0.3 is 0 Å². The molecule has 0 fully saturated rings. The molecular formula is C21H20N2O2. The molecule has 25 heavy (non-hydrogen) atoms. The summed E-state index contributed by atoms with van der Waals surface area (Å²) in [6.07, 6.45) is 8.33. The summed E-state index contributed by atoms with van der Waals surface area (Å²) >= 11 is 0. The second-order valence-electron chi connectivity index (χ2n) is 5.60. The number of hydrogen-bond donors (Lipinski definition) is 2. The third-order valence-electron chi connectivity index (χ3n) is 3.74. The lowest BCUT2D eigenvalue weighted by Gasteiger charge is -2.09. The summed E-state index contributed by atoms with van der Waals surface area (Å²) in [5, 5.41) is 5.31. The van der Waals surface area contributed by atoms with Crippen molar-refractivity contribution in [2.24, 2.45) is 0 Å². The Balaban J connectivity index is 2.10. The van der Waals surface area contributed by atoms with Crippen molar-refractivity contribution in [2.45, 2.75) is 13.8 Å². The molecule has 0 bridgehead atoms. The van der Waals surface area contributed by atoms with E-state index in [-0.39, 0.29) is 18.4 Å². The van der Waals surface area contributed by atoms with Crippen LogP contribution in [0.5, 0.6) is 0 Å². The summed E-state index contributed by atoms with van der Waals surface area (Å²) in [6, 6.07) is 12.8. The molecule has 0 heterocycles. The number of amides is 2. The lowest BCUT2D eigenvalue weighted by atomic mass is 10.1. The molecule has 2 aromatic rings. The van der Waals surface area contributed by atoms with E-state index in [4.69, 9.17) is 6.42 Å². The zero-order chi connectivity index (χ0) is 18.2. The Bertz CT molecular complexity index is 860. The summed E-state index contributed by atoms with van der Waals surface area (Å²) in [5.74, 6) is 1.71. The Kier molecular flexibility index (Phi) is 6.14. The number of aryl methyl sites for hydroxylation is 2. The van der Waals surface area contributed by atoms with Crippen LogP contribution in [0.25, 0.3) is 6.08 Å². The topological polar surface area (TPSA) is 58.2 Å². The molecule has 2 rings (SSSR count). The summed E-state index contributed by atoms with van der Waals surface area (Å²) in [4.78, 5) is 24.2. The molecular weight excluding hydrogens is 312 g/mol. The van der Waals surface area contributed by atoms with Gasteiger partial charge in [-0.05, 0) is 48.7 Å². The van der Waals surface area contributed by atoms with Crippen LogP contribution in [-0.2, 0) is 4.79 Å². The molecule has 0 aromatic heterocycles. The van der Waals surface area contributed by atoms with Crippen LogP contribution in [0.15, 0.2) is 48.5 Å². The zero-order valence-electron chi connectivity index (χ0n) is 14.3. The highest BCUT2D eigenvalue weighted by Gasteiger charge is 2.11. The van der Waals surface area contributed by atoms with Crippen LogP contribution in [0.4, 0.5) is 5.69 Å². The molecule has 0 aliphatic carbocycles. The van der Waals surface area contributed by atoms with E-state index in [1.165, 1.54) is 11.6 Å². The minimum atomic E-state index is -0.327. The van der Waals surface area contributed by atoms with Crippen molar-refractivity contribution in [1.29, 1.82) is 0 Å². The summed E-state index contributed by atoms with van der Waals surface area (Å²) in [7, 11) is 0. The molecule has 0 saturated heterocycles. The molecule has 2 N–H and O–H groups in total. The van der Waals surface area contributed by atoms with Crippen molar-refractivity contribution in [3.05, 3.63) is 70.8 Å². The van der Waals surface area contributed by atoms with Crippen LogP contribution < -0.4 is 10.6 Å². The highest BCUT2D eigenvalue weighted by atomic mass is 16.2. The van der Waals surface area contributed by atoms with Gasteiger partial charge in [0.25, 0.3) is 5.91 Å². The first-order chi connectivity index (χ1) is 12.0. The molecule has 0 aliphatic heterocycles. The quantitative estimate of drug-likeness (QED) is 0.652. The van der Waals surface area contributed by atoms with Gasteiger partial charge in [-0.1, -0.05) is 36.3 Å². The fourth-order valence-electron chi connectivity index (χ4n) is 2.23. The fourth-order valence-corrected chi connectivity index (χ4v) is 2.23. The molecule has 2 amide bonds. The monoisotopic (exact) mass is 332 g/mol. The summed E-state index contributed by atoms with van der Waals surface area (Å²) in [6.45, 7) is 4.20. The van der Waals surface area contributed by atoms with Gasteiger partial charge < -0.3 is 10.6 Å². The first-order valence-electron chi connectivity index (χ1n) is 7.88. The van der Waals surface area contributed by atoms with E-state index in [9.17, 15) is 9.59 Å². The van der Waals surface area contributed by atoms with Gasteiger partial charge in [0, 0.05) is 6.08 Å². The normalized spacial score (nSPS) is 10.3. The number of para-hydroxylation sites is 1. The number of nitrogens with one attached hydrogen (secondary N) is 2. The predicted molar refractivity (Wildman–Crippen MR) is 101 cm³/mol. The highest BCUT2D eigenvalue weighted by molar-refractivity contribution is 6.07. The average molecular weight is 332 g/mol. The minimum Gasteiger partial charge on any atom is -0.341 e. The van der Waals surface area contributed by atoms with E-state index in [0.29, 0.717) is 11.3 Å². The Morgan fingerprint density at radius 1 is 1.12 bits per heavy atom. The van der Waals surface area contributed by atoms with E-state index >= 15 is 0 Å². The zero-order valence-corrected chi connectivity index (χ0v) is 14.3. The fraction of sp³-hybridized carbons (Fsp3) is 0.143. The van der Waals surface area contributed by atoms with Gasteiger partial charge in [0.05, 0.1) is 17.8 Å². The second-order valence-corrected chi connectivity index (χ2v) is 5.60. The van der Waals surface area contributed by atoms with Crippen molar-refractivity contribution in [1.82, 2.24) is 5.32 Å². The Morgan fingerprint density at radius 2 is 1.88 bits per heavy atom. The SMILES string of the molecule is C#CCNC(=O)c1ccccc1NC(=O)/C=C/c1ccc(C)c(C)c1. The predicted octanol–water partition coefficient (Wildman–Crippen LogP) is 3.32. The van der Waals surface area contributed by atoms with E-state index in [1.54, 1.807) is 30.3 Å². The van der Waals surface area contributed by atoms with E-state index < -0.39 is 0 Å². The van der Waals surface area contributed by atoms with E-state index in [0.717, 1.165) is 11.1 Å². The molecule has 0 unspecified atom stereocenters. The Morgan fingerprint density at radius 3 is 2.60 bits per heavy atom.